The van der Waals surface area contributed by atoms with E-state index in [1.165, 1.54) is 0 Å². The van der Waals surface area contributed by atoms with Gasteiger partial charge in [-0.05, 0) is 26.7 Å². The lowest BCUT2D eigenvalue weighted by Gasteiger charge is -2.08. The Morgan fingerprint density at radius 3 is 3.00 bits per heavy atom. The second-order valence-corrected chi connectivity index (χ2v) is 3.72. The molecule has 1 unspecified atom stereocenters. The van der Waals surface area contributed by atoms with Crippen LogP contribution in [0.25, 0.3) is 0 Å². The van der Waals surface area contributed by atoms with E-state index in [2.05, 4.69) is 15.3 Å². The molecule has 0 aliphatic carbocycles. The normalized spacial score (nSPS) is 12.2. The van der Waals surface area contributed by atoms with Gasteiger partial charge in [-0.25, -0.2) is 0 Å². The summed E-state index contributed by atoms with van der Waals surface area (Å²) in [6.45, 7) is 5.38. The van der Waals surface area contributed by atoms with E-state index in [1.54, 1.807) is 12.4 Å². The van der Waals surface area contributed by atoms with Crippen molar-refractivity contribution in [3.05, 3.63) is 12.4 Å². The first kappa shape index (κ1) is 12.7. The Labute approximate surface area is 96.4 Å². The Bertz CT molecular complexity index is 304. The van der Waals surface area contributed by atoms with Crippen molar-refractivity contribution in [2.45, 2.75) is 32.7 Å². The standard InChI is InChI=1S/C11H20N4O/c1-3-16-11-8-13-7-10(15-11)14-6-4-5-9(2)12/h7-9H,3-6,12H2,1-2H3,(H,14,15). The highest BCUT2D eigenvalue weighted by Crippen LogP contribution is 2.08. The van der Waals surface area contributed by atoms with E-state index in [0.717, 1.165) is 25.2 Å². The maximum atomic E-state index is 5.66. The summed E-state index contributed by atoms with van der Waals surface area (Å²) in [6.07, 6.45) is 5.33. The van der Waals surface area contributed by atoms with E-state index in [1.807, 2.05) is 13.8 Å². The van der Waals surface area contributed by atoms with Crippen molar-refractivity contribution < 1.29 is 4.74 Å². The van der Waals surface area contributed by atoms with Crippen LogP contribution < -0.4 is 15.8 Å². The van der Waals surface area contributed by atoms with Gasteiger partial charge in [-0.1, -0.05) is 0 Å². The maximum Gasteiger partial charge on any atom is 0.234 e. The number of nitrogens with two attached hydrogens (primary N) is 1. The van der Waals surface area contributed by atoms with Crippen LogP contribution in [0.1, 0.15) is 26.7 Å². The van der Waals surface area contributed by atoms with Gasteiger partial charge in [0.15, 0.2) is 0 Å². The van der Waals surface area contributed by atoms with E-state index in [0.29, 0.717) is 12.5 Å². The Morgan fingerprint density at radius 2 is 2.31 bits per heavy atom. The summed E-state index contributed by atoms with van der Waals surface area (Å²) >= 11 is 0. The van der Waals surface area contributed by atoms with Gasteiger partial charge in [0.2, 0.25) is 5.88 Å². The quantitative estimate of drug-likeness (QED) is 0.685. The van der Waals surface area contributed by atoms with E-state index in [-0.39, 0.29) is 6.04 Å². The number of nitrogens with one attached hydrogen (secondary N) is 1. The fourth-order valence-corrected chi connectivity index (χ4v) is 1.29. The molecular weight excluding hydrogens is 204 g/mol. The van der Waals surface area contributed by atoms with Crippen LogP contribution in [0.2, 0.25) is 0 Å². The number of anilines is 1. The first-order chi connectivity index (χ1) is 7.72. The molecule has 16 heavy (non-hydrogen) atoms. The molecule has 1 atom stereocenters. The van der Waals surface area contributed by atoms with E-state index >= 15 is 0 Å². The van der Waals surface area contributed by atoms with Crippen LogP contribution in [-0.2, 0) is 0 Å². The average molecular weight is 224 g/mol. The molecule has 5 heteroatoms. The third-order valence-corrected chi connectivity index (χ3v) is 2.05. The molecule has 0 aliphatic heterocycles. The molecule has 0 fully saturated rings. The molecule has 0 amide bonds. The van der Waals surface area contributed by atoms with Crippen molar-refractivity contribution in [2.24, 2.45) is 5.73 Å². The molecular formula is C11H20N4O. The molecule has 1 aromatic heterocycles. The highest BCUT2D eigenvalue weighted by atomic mass is 16.5. The fraction of sp³-hybridized carbons (Fsp3) is 0.636. The number of hydrogen-bond donors (Lipinski definition) is 2. The lowest BCUT2D eigenvalue weighted by Crippen LogP contribution is -2.16. The number of rotatable bonds is 7. The summed E-state index contributed by atoms with van der Waals surface area (Å²) in [6, 6.07) is 0.252. The van der Waals surface area contributed by atoms with E-state index in [4.69, 9.17) is 10.5 Å². The van der Waals surface area contributed by atoms with Crippen LogP contribution in [0.15, 0.2) is 12.4 Å². The third-order valence-electron chi connectivity index (χ3n) is 2.05. The maximum absolute atomic E-state index is 5.66. The zero-order valence-electron chi connectivity index (χ0n) is 9.94. The number of aromatic nitrogens is 2. The minimum atomic E-state index is 0.252. The molecule has 0 saturated heterocycles. The van der Waals surface area contributed by atoms with Crippen molar-refractivity contribution in [1.82, 2.24) is 9.97 Å². The molecule has 0 bridgehead atoms. The van der Waals surface area contributed by atoms with Gasteiger partial charge in [0, 0.05) is 12.6 Å². The Balaban J connectivity index is 2.33. The molecule has 1 heterocycles. The van der Waals surface area contributed by atoms with Gasteiger partial charge >= 0.3 is 0 Å². The van der Waals surface area contributed by atoms with Crippen LogP contribution in [-0.4, -0.2) is 29.2 Å². The second-order valence-electron chi connectivity index (χ2n) is 3.72. The molecule has 0 aliphatic rings. The summed E-state index contributed by atoms with van der Waals surface area (Å²) in [5, 5.41) is 3.19. The average Bonchev–Trinajstić information content (AvgIpc) is 2.25. The Kier molecular flexibility index (Phi) is 5.56. The fourth-order valence-electron chi connectivity index (χ4n) is 1.29. The van der Waals surface area contributed by atoms with Crippen molar-refractivity contribution in [1.29, 1.82) is 0 Å². The van der Waals surface area contributed by atoms with E-state index < -0.39 is 0 Å². The van der Waals surface area contributed by atoms with Crippen LogP contribution in [0.3, 0.4) is 0 Å². The predicted octanol–water partition coefficient (Wildman–Crippen LogP) is 1.41. The Hall–Kier alpha value is -1.36. The van der Waals surface area contributed by atoms with Crippen molar-refractivity contribution >= 4 is 5.82 Å². The zero-order valence-corrected chi connectivity index (χ0v) is 9.94. The lowest BCUT2D eigenvalue weighted by atomic mass is 10.2. The lowest BCUT2D eigenvalue weighted by molar-refractivity contribution is 0.325. The number of hydrogen-bond acceptors (Lipinski definition) is 5. The van der Waals surface area contributed by atoms with Gasteiger partial charge in [-0.15, -0.1) is 0 Å². The molecule has 3 N–H and O–H groups in total. The molecule has 0 aromatic carbocycles. The van der Waals surface area contributed by atoms with Crippen LogP contribution in [0, 0.1) is 0 Å². The SMILES string of the molecule is CCOc1cncc(NCCCC(C)N)n1. The monoisotopic (exact) mass is 224 g/mol. The van der Waals surface area contributed by atoms with Crippen molar-refractivity contribution in [2.75, 3.05) is 18.5 Å². The van der Waals surface area contributed by atoms with Gasteiger partial charge in [0.25, 0.3) is 0 Å². The van der Waals surface area contributed by atoms with Crippen molar-refractivity contribution in [3.8, 4) is 5.88 Å². The van der Waals surface area contributed by atoms with Crippen LogP contribution in [0.4, 0.5) is 5.82 Å². The third kappa shape index (κ3) is 4.93. The topological polar surface area (TPSA) is 73.1 Å². The minimum Gasteiger partial charge on any atom is -0.477 e. The molecule has 0 saturated carbocycles. The minimum absolute atomic E-state index is 0.252. The summed E-state index contributed by atoms with van der Waals surface area (Å²) in [4.78, 5) is 8.29. The summed E-state index contributed by atoms with van der Waals surface area (Å²) in [5.74, 6) is 1.30. The van der Waals surface area contributed by atoms with Gasteiger partial charge in [-0.3, -0.25) is 4.98 Å². The molecule has 1 rings (SSSR count). The van der Waals surface area contributed by atoms with Gasteiger partial charge < -0.3 is 15.8 Å². The molecule has 90 valence electrons. The first-order valence-corrected chi connectivity index (χ1v) is 5.66. The largest absolute Gasteiger partial charge is 0.477 e. The zero-order chi connectivity index (χ0) is 11.8. The molecule has 0 spiro atoms. The van der Waals surface area contributed by atoms with Gasteiger partial charge in [0.05, 0.1) is 19.0 Å². The van der Waals surface area contributed by atoms with Crippen molar-refractivity contribution in [3.63, 3.8) is 0 Å². The second kappa shape index (κ2) is 7.00. The smallest absolute Gasteiger partial charge is 0.234 e. The van der Waals surface area contributed by atoms with E-state index in [9.17, 15) is 0 Å². The van der Waals surface area contributed by atoms with Gasteiger partial charge in [0.1, 0.15) is 5.82 Å². The highest BCUT2D eigenvalue weighted by Gasteiger charge is 1.99. The Morgan fingerprint density at radius 1 is 1.50 bits per heavy atom. The summed E-state index contributed by atoms with van der Waals surface area (Å²) < 4.78 is 5.26. The predicted molar refractivity (Wildman–Crippen MR) is 64.6 cm³/mol. The van der Waals surface area contributed by atoms with Crippen LogP contribution in [0.5, 0.6) is 5.88 Å². The summed E-state index contributed by atoms with van der Waals surface area (Å²) in [5.41, 5.74) is 5.66. The number of nitrogens with zero attached hydrogens (tertiary/aromatic N) is 2. The molecule has 5 nitrogen and oxygen atoms in total. The summed E-state index contributed by atoms with van der Waals surface area (Å²) in [7, 11) is 0. The molecule has 1 aromatic rings. The van der Waals surface area contributed by atoms with Crippen LogP contribution >= 0.6 is 0 Å². The highest BCUT2D eigenvalue weighted by molar-refractivity contribution is 5.32. The number of ether oxygens (including phenoxy) is 1. The van der Waals surface area contributed by atoms with Gasteiger partial charge in [-0.2, -0.15) is 4.98 Å². The first-order valence-electron chi connectivity index (χ1n) is 5.66. The molecule has 0 radical (unpaired) electrons.